The van der Waals surface area contributed by atoms with Crippen LogP contribution in [0.5, 0.6) is 5.75 Å². The van der Waals surface area contributed by atoms with Crippen LogP contribution in [0.4, 0.5) is 0 Å². The molecule has 0 aliphatic carbocycles. The van der Waals surface area contributed by atoms with Crippen LogP contribution in [-0.4, -0.2) is 17.9 Å². The molecule has 1 aromatic carbocycles. The molecule has 0 heterocycles. The van der Waals surface area contributed by atoms with Crippen LogP contribution in [0.3, 0.4) is 0 Å². The lowest BCUT2D eigenvalue weighted by atomic mass is 10.1. The summed E-state index contributed by atoms with van der Waals surface area (Å²) in [5.41, 5.74) is 6.88. The topological polar surface area (TPSA) is 67.4 Å². The van der Waals surface area contributed by atoms with Crippen molar-refractivity contribution in [1.29, 1.82) is 0 Å². The van der Waals surface area contributed by atoms with Gasteiger partial charge in [-0.25, -0.2) is 0 Å². The molecule has 0 radical (unpaired) electrons. The van der Waals surface area contributed by atoms with Crippen molar-refractivity contribution in [2.24, 2.45) is 0 Å². The summed E-state index contributed by atoms with van der Waals surface area (Å²) < 4.78 is 5.51. The lowest BCUT2D eigenvalue weighted by Gasteiger charge is -2.15. The number of amides is 2. The van der Waals surface area contributed by atoms with Gasteiger partial charge >= 0.3 is 0 Å². The Balaban J connectivity index is 2.53. The molecular weight excluding hydrogens is 244 g/mol. The van der Waals surface area contributed by atoms with Gasteiger partial charge in [0.05, 0.1) is 0 Å². The van der Waals surface area contributed by atoms with Gasteiger partial charge in [0, 0.05) is 6.42 Å². The average molecular weight is 264 g/mol. The second-order valence-corrected chi connectivity index (χ2v) is 4.40. The van der Waals surface area contributed by atoms with Crippen molar-refractivity contribution in [3.63, 3.8) is 0 Å². The Morgan fingerprint density at radius 3 is 2.47 bits per heavy atom. The Labute approximate surface area is 113 Å². The van der Waals surface area contributed by atoms with Gasteiger partial charge in [0.1, 0.15) is 5.75 Å². The van der Waals surface area contributed by atoms with Crippen LogP contribution in [0, 0.1) is 13.8 Å². The van der Waals surface area contributed by atoms with Crippen molar-refractivity contribution in [2.75, 3.05) is 0 Å². The van der Waals surface area contributed by atoms with Crippen LogP contribution >= 0.6 is 0 Å². The van der Waals surface area contributed by atoms with E-state index in [0.29, 0.717) is 12.2 Å². The Morgan fingerprint density at radius 1 is 1.21 bits per heavy atom. The highest BCUT2D eigenvalue weighted by molar-refractivity contribution is 5.84. The molecule has 0 saturated heterocycles. The maximum atomic E-state index is 11.7. The minimum Gasteiger partial charge on any atom is -0.481 e. The average Bonchev–Trinajstić information content (AvgIpc) is 2.39. The molecule has 1 aromatic rings. The fourth-order valence-electron chi connectivity index (χ4n) is 1.37. The molecule has 0 fully saturated rings. The second kappa shape index (κ2) is 6.78. The molecule has 2 amide bonds. The molecule has 19 heavy (non-hydrogen) atoms. The molecule has 1 atom stereocenters. The third kappa shape index (κ3) is 4.62. The molecule has 0 saturated carbocycles. The number of ether oxygens (including phenoxy) is 1. The van der Waals surface area contributed by atoms with Gasteiger partial charge in [0.25, 0.3) is 5.91 Å². The number of benzene rings is 1. The van der Waals surface area contributed by atoms with Crippen molar-refractivity contribution >= 4 is 11.8 Å². The fraction of sp³-hybridized carbons (Fsp3) is 0.429. The Morgan fingerprint density at radius 2 is 1.89 bits per heavy atom. The van der Waals surface area contributed by atoms with E-state index in [9.17, 15) is 9.59 Å². The molecular formula is C14H20N2O3. The molecule has 2 N–H and O–H groups in total. The molecule has 0 aliphatic rings. The van der Waals surface area contributed by atoms with E-state index in [2.05, 4.69) is 10.9 Å². The van der Waals surface area contributed by atoms with E-state index in [1.165, 1.54) is 5.56 Å². The van der Waals surface area contributed by atoms with Gasteiger partial charge in [0.2, 0.25) is 5.91 Å². The molecule has 0 spiro atoms. The van der Waals surface area contributed by atoms with Gasteiger partial charge in [-0.3, -0.25) is 20.4 Å². The van der Waals surface area contributed by atoms with E-state index in [4.69, 9.17) is 4.74 Å². The first kappa shape index (κ1) is 15.0. The minimum atomic E-state index is -0.681. The Kier molecular flexibility index (Phi) is 5.36. The number of hydrazine groups is 1. The highest BCUT2D eigenvalue weighted by atomic mass is 16.5. The Bertz CT molecular complexity index is 472. The van der Waals surface area contributed by atoms with Crippen LogP contribution in [-0.2, 0) is 9.59 Å². The lowest BCUT2D eigenvalue weighted by Crippen LogP contribution is -2.46. The summed E-state index contributed by atoms with van der Waals surface area (Å²) in [6.07, 6.45) is -0.369. The van der Waals surface area contributed by atoms with E-state index in [1.54, 1.807) is 13.8 Å². The summed E-state index contributed by atoms with van der Waals surface area (Å²) in [5, 5.41) is 0. The summed E-state index contributed by atoms with van der Waals surface area (Å²) >= 11 is 0. The summed E-state index contributed by atoms with van der Waals surface area (Å²) in [6, 6.07) is 5.63. The van der Waals surface area contributed by atoms with E-state index < -0.39 is 6.10 Å². The fourth-order valence-corrected chi connectivity index (χ4v) is 1.37. The van der Waals surface area contributed by atoms with Gasteiger partial charge in [-0.05, 0) is 44.0 Å². The highest BCUT2D eigenvalue weighted by Gasteiger charge is 2.15. The summed E-state index contributed by atoms with van der Waals surface area (Å²) in [6.45, 7) is 7.32. The first-order valence-corrected chi connectivity index (χ1v) is 6.26. The normalized spacial score (nSPS) is 11.6. The van der Waals surface area contributed by atoms with E-state index in [0.717, 1.165) is 5.56 Å². The minimum absolute atomic E-state index is 0.244. The van der Waals surface area contributed by atoms with Crippen molar-refractivity contribution in [3.8, 4) is 5.75 Å². The predicted octanol–water partition coefficient (Wildman–Crippen LogP) is 1.63. The number of rotatable bonds is 4. The zero-order valence-electron chi connectivity index (χ0n) is 11.7. The lowest BCUT2D eigenvalue weighted by molar-refractivity contribution is -0.132. The van der Waals surface area contributed by atoms with Crippen molar-refractivity contribution in [1.82, 2.24) is 10.9 Å². The number of hydrogen-bond donors (Lipinski definition) is 2. The largest absolute Gasteiger partial charge is 0.481 e. The van der Waals surface area contributed by atoms with Gasteiger partial charge < -0.3 is 4.74 Å². The SMILES string of the molecule is CCC(=O)NNC(=O)C(C)Oc1ccc(C)c(C)c1. The third-order valence-corrected chi connectivity index (χ3v) is 2.81. The number of carbonyl (C=O) groups is 2. The summed E-state index contributed by atoms with van der Waals surface area (Å²) in [5.74, 6) is -0.000624. The van der Waals surface area contributed by atoms with E-state index in [-0.39, 0.29) is 11.8 Å². The van der Waals surface area contributed by atoms with Crippen LogP contribution < -0.4 is 15.6 Å². The molecule has 5 heteroatoms. The van der Waals surface area contributed by atoms with Gasteiger partial charge in [-0.15, -0.1) is 0 Å². The molecule has 0 bridgehead atoms. The van der Waals surface area contributed by atoms with E-state index in [1.807, 2.05) is 32.0 Å². The summed E-state index contributed by atoms with van der Waals surface area (Å²) in [4.78, 5) is 22.7. The standard InChI is InChI=1S/C14H20N2O3/c1-5-13(17)15-16-14(18)11(4)19-12-7-6-9(2)10(3)8-12/h6-8,11H,5H2,1-4H3,(H,15,17)(H,16,18). The maximum absolute atomic E-state index is 11.7. The molecule has 5 nitrogen and oxygen atoms in total. The zero-order valence-corrected chi connectivity index (χ0v) is 11.7. The molecule has 1 unspecified atom stereocenters. The quantitative estimate of drug-likeness (QED) is 0.812. The zero-order chi connectivity index (χ0) is 14.4. The second-order valence-electron chi connectivity index (χ2n) is 4.40. The molecule has 0 aliphatic heterocycles. The number of hydrogen-bond acceptors (Lipinski definition) is 3. The number of carbonyl (C=O) groups excluding carboxylic acids is 2. The first-order chi connectivity index (χ1) is 8.93. The predicted molar refractivity (Wildman–Crippen MR) is 72.6 cm³/mol. The molecule has 104 valence electrons. The molecule has 1 rings (SSSR count). The van der Waals surface area contributed by atoms with Crippen LogP contribution in [0.2, 0.25) is 0 Å². The third-order valence-electron chi connectivity index (χ3n) is 2.81. The van der Waals surface area contributed by atoms with Crippen molar-refractivity contribution in [2.45, 2.75) is 40.2 Å². The maximum Gasteiger partial charge on any atom is 0.279 e. The molecule has 0 aromatic heterocycles. The van der Waals surface area contributed by atoms with Crippen LogP contribution in [0.25, 0.3) is 0 Å². The van der Waals surface area contributed by atoms with Gasteiger partial charge in [0.15, 0.2) is 6.10 Å². The smallest absolute Gasteiger partial charge is 0.279 e. The monoisotopic (exact) mass is 264 g/mol. The summed E-state index contributed by atoms with van der Waals surface area (Å²) in [7, 11) is 0. The van der Waals surface area contributed by atoms with Crippen LogP contribution in [0.1, 0.15) is 31.4 Å². The number of nitrogens with one attached hydrogen (secondary N) is 2. The Hall–Kier alpha value is -2.04. The first-order valence-electron chi connectivity index (χ1n) is 6.26. The highest BCUT2D eigenvalue weighted by Crippen LogP contribution is 2.17. The van der Waals surface area contributed by atoms with Gasteiger partial charge in [-0.1, -0.05) is 13.0 Å². The van der Waals surface area contributed by atoms with Gasteiger partial charge in [-0.2, -0.15) is 0 Å². The van der Waals surface area contributed by atoms with E-state index >= 15 is 0 Å². The number of aryl methyl sites for hydroxylation is 2. The van der Waals surface area contributed by atoms with Crippen LogP contribution in [0.15, 0.2) is 18.2 Å². The van der Waals surface area contributed by atoms with Crippen molar-refractivity contribution in [3.05, 3.63) is 29.3 Å². The van der Waals surface area contributed by atoms with Crippen molar-refractivity contribution < 1.29 is 14.3 Å².